The van der Waals surface area contributed by atoms with Crippen molar-refractivity contribution in [2.75, 3.05) is 23.3 Å². The average molecular weight is 476 g/mol. The molecule has 7 nitrogen and oxygen atoms in total. The van der Waals surface area contributed by atoms with Crippen LogP contribution in [0.25, 0.3) is 22.4 Å². The van der Waals surface area contributed by atoms with Crippen LogP contribution in [0.4, 0.5) is 11.5 Å². The van der Waals surface area contributed by atoms with Crippen molar-refractivity contribution >= 4 is 40.0 Å². The zero-order chi connectivity index (χ0) is 23.8. The number of benzene rings is 2. The second-order valence-corrected chi connectivity index (χ2v) is 9.17. The number of anilines is 2. The van der Waals surface area contributed by atoms with E-state index in [-0.39, 0.29) is 18.1 Å². The number of halogens is 1. The number of ether oxygens (including phenoxy) is 1. The van der Waals surface area contributed by atoms with E-state index in [1.54, 1.807) is 24.3 Å². The Kier molecular flexibility index (Phi) is 5.98. The number of nitrogens with zero attached hydrogens (tertiary/aromatic N) is 4. The lowest BCUT2D eigenvalue weighted by Gasteiger charge is -2.36. The van der Waals surface area contributed by atoms with E-state index in [1.807, 2.05) is 43.6 Å². The molecule has 1 amide bonds. The second-order valence-electron chi connectivity index (χ2n) is 8.74. The molecule has 174 valence electrons. The molecule has 3 heterocycles. The highest BCUT2D eigenvalue weighted by atomic mass is 35.5. The summed E-state index contributed by atoms with van der Waals surface area (Å²) in [6, 6.07) is 16.4. The molecule has 2 unspecified atom stereocenters. The van der Waals surface area contributed by atoms with Crippen LogP contribution in [0, 0.1) is 0 Å². The summed E-state index contributed by atoms with van der Waals surface area (Å²) in [5, 5.41) is 3.54. The summed E-state index contributed by atoms with van der Waals surface area (Å²) in [5.41, 5.74) is 3.91. The SMILES string of the molecule is CC1CN(c2nc(-c3cccc(NC(=O)c4ccc(Cl)cc4)c3)nc3ccn(C)c23)CC(C)O1. The van der Waals surface area contributed by atoms with Gasteiger partial charge in [-0.3, -0.25) is 4.79 Å². The number of aromatic nitrogens is 3. The van der Waals surface area contributed by atoms with Crippen molar-refractivity contribution in [1.82, 2.24) is 14.5 Å². The van der Waals surface area contributed by atoms with Crippen LogP contribution < -0.4 is 10.2 Å². The Morgan fingerprint density at radius 1 is 1.06 bits per heavy atom. The molecule has 1 saturated heterocycles. The largest absolute Gasteiger partial charge is 0.372 e. The monoisotopic (exact) mass is 475 g/mol. The summed E-state index contributed by atoms with van der Waals surface area (Å²) < 4.78 is 7.99. The zero-order valence-electron chi connectivity index (χ0n) is 19.3. The zero-order valence-corrected chi connectivity index (χ0v) is 20.1. The standard InChI is InChI=1S/C26H26ClN5O2/c1-16-14-32(15-17(2)34-16)25-23-22(11-12-31(23)3)29-24(30-25)19-5-4-6-21(13-19)28-26(33)18-7-9-20(27)10-8-18/h4-13,16-17H,14-15H2,1-3H3,(H,28,33). The number of hydrogen-bond donors (Lipinski definition) is 1. The van der Waals surface area contributed by atoms with E-state index in [4.69, 9.17) is 26.3 Å². The van der Waals surface area contributed by atoms with Crippen molar-refractivity contribution < 1.29 is 9.53 Å². The van der Waals surface area contributed by atoms with Crippen LogP contribution >= 0.6 is 11.6 Å². The molecule has 0 bridgehead atoms. The number of nitrogens with one attached hydrogen (secondary N) is 1. The molecule has 8 heteroatoms. The molecule has 34 heavy (non-hydrogen) atoms. The quantitative estimate of drug-likeness (QED) is 0.441. The van der Waals surface area contributed by atoms with Gasteiger partial charge in [-0.15, -0.1) is 0 Å². The van der Waals surface area contributed by atoms with Crippen LogP contribution in [0.2, 0.25) is 5.02 Å². The minimum Gasteiger partial charge on any atom is -0.372 e. The fourth-order valence-corrected chi connectivity index (χ4v) is 4.54. The van der Waals surface area contributed by atoms with E-state index in [0.29, 0.717) is 22.1 Å². The molecular weight excluding hydrogens is 450 g/mol. The van der Waals surface area contributed by atoms with Gasteiger partial charge in [-0.2, -0.15) is 0 Å². The Morgan fingerprint density at radius 3 is 2.53 bits per heavy atom. The summed E-state index contributed by atoms with van der Waals surface area (Å²) in [6.45, 7) is 5.69. The summed E-state index contributed by atoms with van der Waals surface area (Å²) in [6.07, 6.45) is 2.23. The highest BCUT2D eigenvalue weighted by molar-refractivity contribution is 6.30. The highest BCUT2D eigenvalue weighted by Gasteiger charge is 2.26. The predicted octanol–water partition coefficient (Wildman–Crippen LogP) is 5.15. The summed E-state index contributed by atoms with van der Waals surface area (Å²) in [7, 11) is 2.01. The third-order valence-electron chi connectivity index (χ3n) is 5.91. The van der Waals surface area contributed by atoms with Gasteiger partial charge in [0.15, 0.2) is 11.6 Å². The Morgan fingerprint density at radius 2 is 1.79 bits per heavy atom. The van der Waals surface area contributed by atoms with Crippen molar-refractivity contribution in [3.05, 3.63) is 71.4 Å². The van der Waals surface area contributed by atoms with E-state index in [2.05, 4.69) is 28.6 Å². The lowest BCUT2D eigenvalue weighted by atomic mass is 10.1. The molecule has 1 fully saturated rings. The Labute approximate surface area is 203 Å². The van der Waals surface area contributed by atoms with Crippen LogP contribution in [0.15, 0.2) is 60.8 Å². The summed E-state index contributed by atoms with van der Waals surface area (Å²) in [5.74, 6) is 1.30. The predicted molar refractivity (Wildman–Crippen MR) is 136 cm³/mol. The molecule has 4 aromatic rings. The molecular formula is C26H26ClN5O2. The van der Waals surface area contributed by atoms with E-state index in [1.165, 1.54) is 0 Å². The highest BCUT2D eigenvalue weighted by Crippen LogP contribution is 2.31. The van der Waals surface area contributed by atoms with Gasteiger partial charge in [0.05, 0.1) is 17.7 Å². The maximum atomic E-state index is 12.7. The number of morpholine rings is 1. The fraction of sp³-hybridized carbons (Fsp3) is 0.269. The summed E-state index contributed by atoms with van der Waals surface area (Å²) >= 11 is 5.94. The molecule has 2 aromatic carbocycles. The van der Waals surface area contributed by atoms with E-state index in [0.717, 1.165) is 35.5 Å². The van der Waals surface area contributed by atoms with Gasteiger partial charge < -0.3 is 19.5 Å². The van der Waals surface area contributed by atoms with Crippen molar-refractivity contribution in [3.8, 4) is 11.4 Å². The van der Waals surface area contributed by atoms with E-state index in [9.17, 15) is 4.79 Å². The fourth-order valence-electron chi connectivity index (χ4n) is 4.41. The Hall–Kier alpha value is -3.42. The average Bonchev–Trinajstić information content (AvgIpc) is 3.19. The van der Waals surface area contributed by atoms with Gasteiger partial charge in [0, 0.05) is 48.2 Å². The first-order chi connectivity index (χ1) is 16.4. The molecule has 0 radical (unpaired) electrons. The van der Waals surface area contributed by atoms with E-state index < -0.39 is 0 Å². The minimum absolute atomic E-state index is 0.115. The lowest BCUT2D eigenvalue weighted by molar-refractivity contribution is -0.00538. The van der Waals surface area contributed by atoms with Gasteiger partial charge in [-0.05, 0) is 56.3 Å². The molecule has 2 aromatic heterocycles. The van der Waals surface area contributed by atoms with Gasteiger partial charge in [0.25, 0.3) is 5.91 Å². The third-order valence-corrected chi connectivity index (χ3v) is 6.16. The molecule has 5 rings (SSSR count). The van der Waals surface area contributed by atoms with Gasteiger partial charge in [0.1, 0.15) is 5.52 Å². The number of carbonyl (C=O) groups is 1. The second kappa shape index (κ2) is 9.08. The maximum Gasteiger partial charge on any atom is 0.255 e. The van der Waals surface area contributed by atoms with Gasteiger partial charge in [-0.25, -0.2) is 9.97 Å². The number of rotatable bonds is 4. The first kappa shape index (κ1) is 22.4. The van der Waals surface area contributed by atoms with Crippen LogP contribution in [-0.2, 0) is 11.8 Å². The van der Waals surface area contributed by atoms with Crippen LogP contribution in [-0.4, -0.2) is 45.7 Å². The van der Waals surface area contributed by atoms with Crippen LogP contribution in [0.1, 0.15) is 24.2 Å². The minimum atomic E-state index is -0.203. The molecule has 0 saturated carbocycles. The van der Waals surface area contributed by atoms with Gasteiger partial charge in [-0.1, -0.05) is 23.7 Å². The number of fused-ring (bicyclic) bond motifs is 1. The molecule has 1 aliphatic rings. The van der Waals surface area contributed by atoms with Crippen LogP contribution in [0.3, 0.4) is 0 Å². The van der Waals surface area contributed by atoms with Crippen molar-refractivity contribution in [2.24, 2.45) is 7.05 Å². The smallest absolute Gasteiger partial charge is 0.255 e. The molecule has 1 N–H and O–H groups in total. The van der Waals surface area contributed by atoms with Gasteiger partial charge in [0.2, 0.25) is 0 Å². The maximum absolute atomic E-state index is 12.7. The topological polar surface area (TPSA) is 72.3 Å². The number of carbonyl (C=O) groups excluding carboxylic acids is 1. The lowest BCUT2D eigenvalue weighted by Crippen LogP contribution is -2.46. The van der Waals surface area contributed by atoms with Crippen molar-refractivity contribution in [1.29, 1.82) is 0 Å². The Balaban J connectivity index is 1.50. The number of hydrogen-bond acceptors (Lipinski definition) is 5. The molecule has 0 aliphatic carbocycles. The van der Waals surface area contributed by atoms with Crippen molar-refractivity contribution in [2.45, 2.75) is 26.1 Å². The normalized spacial score (nSPS) is 18.3. The van der Waals surface area contributed by atoms with E-state index >= 15 is 0 Å². The molecule has 2 atom stereocenters. The number of aryl methyl sites for hydroxylation is 1. The van der Waals surface area contributed by atoms with Crippen molar-refractivity contribution in [3.63, 3.8) is 0 Å². The first-order valence-electron chi connectivity index (χ1n) is 11.3. The third kappa shape index (κ3) is 4.49. The summed E-state index contributed by atoms with van der Waals surface area (Å²) in [4.78, 5) is 24.8. The van der Waals surface area contributed by atoms with Crippen LogP contribution in [0.5, 0.6) is 0 Å². The molecule has 1 aliphatic heterocycles. The number of amides is 1. The molecule has 0 spiro atoms. The van der Waals surface area contributed by atoms with Gasteiger partial charge >= 0.3 is 0 Å². The first-order valence-corrected chi connectivity index (χ1v) is 11.7. The Bertz CT molecular complexity index is 1340.